The van der Waals surface area contributed by atoms with Crippen LogP contribution in [0.15, 0.2) is 0 Å². The molecule has 0 aliphatic carbocycles. The molecule has 0 saturated carbocycles. The molecule has 2 aliphatic rings. The van der Waals surface area contributed by atoms with E-state index in [2.05, 4.69) is 10.2 Å². The molecule has 2 aliphatic heterocycles. The number of nitrogens with one attached hydrogen (secondary N) is 1. The van der Waals surface area contributed by atoms with Crippen LogP contribution in [0, 0.1) is 0 Å². The summed E-state index contributed by atoms with van der Waals surface area (Å²) in [4.78, 5) is 13.9. The summed E-state index contributed by atoms with van der Waals surface area (Å²) in [6, 6.07) is -0.169. The molecule has 0 aromatic rings. The Hall–Kier alpha value is -0.620. The molecule has 1 amide bonds. The number of sulfone groups is 1. The Bertz CT molecular complexity index is 374. The second-order valence-electron chi connectivity index (χ2n) is 5.00. The molecule has 2 fully saturated rings. The third kappa shape index (κ3) is 3.96. The molecule has 5 nitrogen and oxygen atoms in total. The van der Waals surface area contributed by atoms with Gasteiger partial charge in [0, 0.05) is 6.04 Å². The number of amides is 1. The summed E-state index contributed by atoms with van der Waals surface area (Å²) in [7, 11) is -2.90. The van der Waals surface area contributed by atoms with Crippen molar-refractivity contribution in [1.82, 2.24) is 10.2 Å². The van der Waals surface area contributed by atoms with Crippen LogP contribution in [0.5, 0.6) is 0 Å². The number of rotatable bonds is 3. The van der Waals surface area contributed by atoms with Crippen LogP contribution in [0.2, 0.25) is 0 Å². The molecule has 0 bridgehead atoms. The van der Waals surface area contributed by atoms with Crippen molar-refractivity contribution < 1.29 is 13.2 Å². The monoisotopic (exact) mass is 260 g/mol. The SMILES string of the molecule is O=C(CN1CCCCC1)N[C@H]1CCS(=O)(=O)C1. The number of hydrogen-bond acceptors (Lipinski definition) is 4. The van der Waals surface area contributed by atoms with E-state index in [1.165, 1.54) is 6.42 Å². The molecule has 0 unspecified atom stereocenters. The first-order valence-electron chi connectivity index (χ1n) is 6.27. The number of carbonyl (C=O) groups excluding carboxylic acids is 1. The van der Waals surface area contributed by atoms with Gasteiger partial charge in [0.2, 0.25) is 5.91 Å². The molecule has 2 saturated heterocycles. The lowest BCUT2D eigenvalue weighted by Crippen LogP contribution is -2.44. The van der Waals surface area contributed by atoms with Crippen LogP contribution in [0.1, 0.15) is 25.7 Å². The largest absolute Gasteiger partial charge is 0.351 e. The van der Waals surface area contributed by atoms with E-state index in [1.54, 1.807) is 0 Å². The highest BCUT2D eigenvalue weighted by Crippen LogP contribution is 2.12. The quantitative estimate of drug-likeness (QED) is 0.761. The predicted octanol–water partition coefficient (Wildman–Crippen LogP) is -0.224. The van der Waals surface area contributed by atoms with Crippen LogP contribution >= 0.6 is 0 Å². The van der Waals surface area contributed by atoms with Crippen molar-refractivity contribution in [2.24, 2.45) is 0 Å². The highest BCUT2D eigenvalue weighted by Gasteiger charge is 2.29. The Morgan fingerprint density at radius 1 is 1.24 bits per heavy atom. The molecule has 2 heterocycles. The van der Waals surface area contributed by atoms with E-state index in [1.807, 2.05) is 0 Å². The zero-order valence-corrected chi connectivity index (χ0v) is 10.8. The molecule has 0 aromatic carbocycles. The van der Waals surface area contributed by atoms with E-state index < -0.39 is 9.84 Å². The fourth-order valence-corrected chi connectivity index (χ4v) is 4.18. The molecule has 2 rings (SSSR count). The first kappa shape index (κ1) is 12.8. The van der Waals surface area contributed by atoms with Crippen molar-refractivity contribution in [3.8, 4) is 0 Å². The Balaban J connectivity index is 1.74. The fourth-order valence-electron chi connectivity index (χ4n) is 2.50. The lowest BCUT2D eigenvalue weighted by Gasteiger charge is -2.26. The maximum Gasteiger partial charge on any atom is 0.234 e. The Morgan fingerprint density at radius 3 is 2.53 bits per heavy atom. The minimum Gasteiger partial charge on any atom is -0.351 e. The molecule has 98 valence electrons. The second-order valence-corrected chi connectivity index (χ2v) is 7.23. The van der Waals surface area contributed by atoms with E-state index in [-0.39, 0.29) is 23.5 Å². The summed E-state index contributed by atoms with van der Waals surface area (Å²) < 4.78 is 22.5. The van der Waals surface area contributed by atoms with Gasteiger partial charge in [-0.3, -0.25) is 9.69 Å². The molecule has 1 N–H and O–H groups in total. The topological polar surface area (TPSA) is 66.5 Å². The van der Waals surface area contributed by atoms with Gasteiger partial charge in [0.05, 0.1) is 18.1 Å². The third-order valence-electron chi connectivity index (χ3n) is 3.41. The zero-order valence-electron chi connectivity index (χ0n) is 10.0. The first-order valence-corrected chi connectivity index (χ1v) is 8.09. The number of nitrogens with zero attached hydrogens (tertiary/aromatic N) is 1. The summed E-state index contributed by atoms with van der Waals surface area (Å²) in [6.07, 6.45) is 4.13. The van der Waals surface area contributed by atoms with Crippen molar-refractivity contribution >= 4 is 15.7 Å². The molecule has 17 heavy (non-hydrogen) atoms. The summed E-state index contributed by atoms with van der Waals surface area (Å²) in [5, 5.41) is 2.82. The van der Waals surface area contributed by atoms with Crippen molar-refractivity contribution in [2.45, 2.75) is 31.7 Å². The maximum atomic E-state index is 11.7. The van der Waals surface area contributed by atoms with Crippen molar-refractivity contribution in [3.05, 3.63) is 0 Å². The highest BCUT2D eigenvalue weighted by atomic mass is 32.2. The van der Waals surface area contributed by atoms with E-state index in [9.17, 15) is 13.2 Å². The van der Waals surface area contributed by atoms with E-state index in [0.717, 1.165) is 25.9 Å². The van der Waals surface area contributed by atoms with Crippen LogP contribution in [0.4, 0.5) is 0 Å². The third-order valence-corrected chi connectivity index (χ3v) is 5.18. The van der Waals surface area contributed by atoms with Crippen LogP contribution in [0.3, 0.4) is 0 Å². The lowest BCUT2D eigenvalue weighted by atomic mass is 10.1. The number of carbonyl (C=O) groups is 1. The number of hydrogen-bond donors (Lipinski definition) is 1. The highest BCUT2D eigenvalue weighted by molar-refractivity contribution is 7.91. The van der Waals surface area contributed by atoms with Gasteiger partial charge in [-0.1, -0.05) is 6.42 Å². The molecular weight excluding hydrogens is 240 g/mol. The van der Waals surface area contributed by atoms with Gasteiger partial charge < -0.3 is 5.32 Å². The molecular formula is C11H20N2O3S. The Labute approximate surface area is 102 Å². The molecule has 0 aromatic heterocycles. The van der Waals surface area contributed by atoms with Gasteiger partial charge in [-0.25, -0.2) is 8.42 Å². The van der Waals surface area contributed by atoms with Gasteiger partial charge in [0.15, 0.2) is 9.84 Å². The minimum atomic E-state index is -2.90. The number of likely N-dealkylation sites (tertiary alicyclic amines) is 1. The van der Waals surface area contributed by atoms with Gasteiger partial charge in [-0.2, -0.15) is 0 Å². The average Bonchev–Trinajstić information content (AvgIpc) is 2.59. The first-order chi connectivity index (χ1) is 8.05. The predicted molar refractivity (Wildman–Crippen MR) is 65.5 cm³/mol. The lowest BCUT2D eigenvalue weighted by molar-refractivity contribution is -0.123. The summed E-state index contributed by atoms with van der Waals surface area (Å²) in [5.41, 5.74) is 0. The van der Waals surface area contributed by atoms with Gasteiger partial charge in [0.1, 0.15) is 0 Å². The smallest absolute Gasteiger partial charge is 0.234 e. The molecule has 1 atom stereocenters. The standard InChI is InChI=1S/C11H20N2O3S/c14-11(8-13-5-2-1-3-6-13)12-10-4-7-17(15,16)9-10/h10H,1-9H2,(H,12,14)/t10-/m0/s1. The summed E-state index contributed by atoms with van der Waals surface area (Å²) in [6.45, 7) is 2.38. The maximum absolute atomic E-state index is 11.7. The van der Waals surface area contributed by atoms with E-state index in [4.69, 9.17) is 0 Å². The molecule has 6 heteroatoms. The minimum absolute atomic E-state index is 0.0333. The van der Waals surface area contributed by atoms with Gasteiger partial charge in [-0.05, 0) is 32.4 Å². The van der Waals surface area contributed by atoms with Crippen LogP contribution in [0.25, 0.3) is 0 Å². The zero-order chi connectivity index (χ0) is 12.3. The fraction of sp³-hybridized carbons (Fsp3) is 0.909. The van der Waals surface area contributed by atoms with Crippen LogP contribution in [-0.4, -0.2) is 56.4 Å². The van der Waals surface area contributed by atoms with Crippen molar-refractivity contribution in [1.29, 1.82) is 0 Å². The van der Waals surface area contributed by atoms with Crippen molar-refractivity contribution in [2.75, 3.05) is 31.1 Å². The van der Waals surface area contributed by atoms with Gasteiger partial charge in [-0.15, -0.1) is 0 Å². The van der Waals surface area contributed by atoms with Crippen LogP contribution < -0.4 is 5.32 Å². The average molecular weight is 260 g/mol. The van der Waals surface area contributed by atoms with E-state index in [0.29, 0.717) is 13.0 Å². The summed E-state index contributed by atoms with van der Waals surface area (Å²) in [5.74, 6) is 0.287. The Morgan fingerprint density at radius 2 is 1.94 bits per heavy atom. The van der Waals surface area contributed by atoms with Crippen LogP contribution in [-0.2, 0) is 14.6 Å². The van der Waals surface area contributed by atoms with Crippen molar-refractivity contribution in [3.63, 3.8) is 0 Å². The summed E-state index contributed by atoms with van der Waals surface area (Å²) >= 11 is 0. The molecule has 0 spiro atoms. The van der Waals surface area contributed by atoms with E-state index >= 15 is 0 Å². The number of piperidine rings is 1. The Kier molecular flexibility index (Phi) is 4.04. The molecule has 0 radical (unpaired) electrons. The second kappa shape index (κ2) is 5.35. The van der Waals surface area contributed by atoms with Gasteiger partial charge in [0.25, 0.3) is 0 Å². The normalized spacial score (nSPS) is 29.1. The van der Waals surface area contributed by atoms with Gasteiger partial charge >= 0.3 is 0 Å².